The van der Waals surface area contributed by atoms with Crippen molar-refractivity contribution < 1.29 is 9.59 Å². The lowest BCUT2D eigenvalue weighted by Crippen LogP contribution is -2.44. The zero-order valence-electron chi connectivity index (χ0n) is 16.3. The van der Waals surface area contributed by atoms with Crippen molar-refractivity contribution in [2.75, 3.05) is 20.1 Å². The summed E-state index contributed by atoms with van der Waals surface area (Å²) in [6.45, 7) is 3.33. The molecule has 1 aromatic heterocycles. The lowest BCUT2D eigenvalue weighted by atomic mass is 10.00. The van der Waals surface area contributed by atoms with Gasteiger partial charge in [-0.15, -0.1) is 0 Å². The first kappa shape index (κ1) is 18.3. The summed E-state index contributed by atoms with van der Waals surface area (Å²) in [6.07, 6.45) is 3.64. The number of H-pyrrole nitrogens is 1. The van der Waals surface area contributed by atoms with Gasteiger partial charge >= 0.3 is 0 Å². The van der Waals surface area contributed by atoms with Crippen LogP contribution in [0.4, 0.5) is 0 Å². The Balaban J connectivity index is 1.54. The monoisotopic (exact) mass is 375 g/mol. The van der Waals surface area contributed by atoms with E-state index in [0.29, 0.717) is 17.8 Å². The number of hydrogen-bond acceptors (Lipinski definition) is 2. The van der Waals surface area contributed by atoms with Crippen molar-refractivity contribution in [2.24, 2.45) is 0 Å². The zero-order chi connectivity index (χ0) is 19.7. The molecule has 3 aromatic rings. The number of hydrogen-bond donors (Lipinski definition) is 1. The highest BCUT2D eigenvalue weighted by Gasteiger charge is 2.31. The quantitative estimate of drug-likeness (QED) is 0.753. The minimum absolute atomic E-state index is 0.00428. The van der Waals surface area contributed by atoms with Crippen molar-refractivity contribution >= 4 is 22.6 Å². The number of nitrogens with one attached hydrogen (secondary N) is 1. The summed E-state index contributed by atoms with van der Waals surface area (Å²) in [4.78, 5) is 32.6. The van der Waals surface area contributed by atoms with Gasteiger partial charge in [-0.25, -0.2) is 0 Å². The van der Waals surface area contributed by atoms with Crippen molar-refractivity contribution in [3.8, 4) is 0 Å². The fraction of sp³-hybridized carbons (Fsp3) is 0.304. The van der Waals surface area contributed by atoms with Crippen LogP contribution in [0.1, 0.15) is 39.3 Å². The summed E-state index contributed by atoms with van der Waals surface area (Å²) in [5.74, 6) is 0.00417. The molecule has 0 spiro atoms. The van der Waals surface area contributed by atoms with Gasteiger partial charge in [0.2, 0.25) is 0 Å². The Morgan fingerprint density at radius 2 is 1.89 bits per heavy atom. The summed E-state index contributed by atoms with van der Waals surface area (Å²) >= 11 is 0. The normalized spacial score (nSPS) is 16.5. The summed E-state index contributed by atoms with van der Waals surface area (Å²) in [7, 11) is 1.83. The number of likely N-dealkylation sites (tertiary alicyclic amines) is 1. The summed E-state index contributed by atoms with van der Waals surface area (Å²) in [6, 6.07) is 15.6. The SMILES string of the molecule is Cc1cccc2c(C(=O)N(C)C[C@H]3CCCN3C(=O)c3ccc[nH]3)cccc12. The number of nitrogens with zero attached hydrogens (tertiary/aromatic N) is 2. The van der Waals surface area contributed by atoms with Gasteiger partial charge in [0.1, 0.15) is 5.69 Å². The number of fused-ring (bicyclic) bond motifs is 1. The van der Waals surface area contributed by atoms with E-state index >= 15 is 0 Å². The summed E-state index contributed by atoms with van der Waals surface area (Å²) in [5, 5.41) is 2.08. The number of likely N-dealkylation sites (N-methyl/N-ethyl adjacent to an activating group) is 1. The van der Waals surface area contributed by atoms with Gasteiger partial charge in [-0.05, 0) is 54.3 Å². The van der Waals surface area contributed by atoms with Crippen LogP contribution in [0, 0.1) is 6.92 Å². The average Bonchev–Trinajstić information content (AvgIpc) is 3.39. The third kappa shape index (κ3) is 3.28. The molecule has 2 aromatic carbocycles. The van der Waals surface area contributed by atoms with E-state index < -0.39 is 0 Å². The Kier molecular flexibility index (Phi) is 4.90. The third-order valence-electron chi connectivity index (χ3n) is 5.67. The first-order valence-electron chi connectivity index (χ1n) is 9.74. The van der Waals surface area contributed by atoms with Crippen LogP contribution in [0.5, 0.6) is 0 Å². The van der Waals surface area contributed by atoms with Gasteiger partial charge in [0.25, 0.3) is 11.8 Å². The van der Waals surface area contributed by atoms with Crippen LogP contribution in [0.15, 0.2) is 54.7 Å². The minimum Gasteiger partial charge on any atom is -0.357 e. The number of carbonyl (C=O) groups is 2. The molecule has 0 unspecified atom stereocenters. The maximum Gasteiger partial charge on any atom is 0.270 e. The van der Waals surface area contributed by atoms with Crippen LogP contribution in [0.3, 0.4) is 0 Å². The molecular weight excluding hydrogens is 350 g/mol. The Labute approximate surface area is 165 Å². The molecule has 1 fully saturated rings. The van der Waals surface area contributed by atoms with Crippen molar-refractivity contribution in [3.63, 3.8) is 0 Å². The molecule has 144 valence electrons. The van der Waals surface area contributed by atoms with E-state index in [2.05, 4.69) is 24.0 Å². The Bertz CT molecular complexity index is 1010. The molecule has 0 radical (unpaired) electrons. The molecule has 1 aliphatic rings. The first-order valence-corrected chi connectivity index (χ1v) is 9.74. The van der Waals surface area contributed by atoms with E-state index in [9.17, 15) is 9.59 Å². The van der Waals surface area contributed by atoms with Crippen LogP contribution >= 0.6 is 0 Å². The number of amides is 2. The number of aryl methyl sites for hydroxylation is 1. The number of aromatic amines is 1. The smallest absolute Gasteiger partial charge is 0.270 e. The van der Waals surface area contributed by atoms with E-state index in [0.717, 1.165) is 35.7 Å². The van der Waals surface area contributed by atoms with Gasteiger partial charge in [-0.3, -0.25) is 9.59 Å². The van der Waals surface area contributed by atoms with Crippen LogP contribution in [0.25, 0.3) is 10.8 Å². The molecule has 0 saturated carbocycles. The van der Waals surface area contributed by atoms with E-state index in [4.69, 9.17) is 0 Å². The molecule has 2 amide bonds. The van der Waals surface area contributed by atoms with Crippen LogP contribution in [-0.4, -0.2) is 52.8 Å². The molecule has 5 heteroatoms. The fourth-order valence-corrected chi connectivity index (χ4v) is 4.17. The van der Waals surface area contributed by atoms with Crippen molar-refractivity contribution in [1.82, 2.24) is 14.8 Å². The number of benzene rings is 2. The molecule has 0 aliphatic carbocycles. The van der Waals surface area contributed by atoms with Crippen molar-refractivity contribution in [2.45, 2.75) is 25.8 Å². The molecule has 1 N–H and O–H groups in total. The lowest BCUT2D eigenvalue weighted by molar-refractivity contribution is 0.0646. The van der Waals surface area contributed by atoms with E-state index in [1.54, 1.807) is 17.2 Å². The van der Waals surface area contributed by atoms with Crippen LogP contribution in [-0.2, 0) is 0 Å². The molecule has 28 heavy (non-hydrogen) atoms. The number of rotatable bonds is 4. The zero-order valence-corrected chi connectivity index (χ0v) is 16.3. The van der Waals surface area contributed by atoms with Gasteiger partial charge in [0.15, 0.2) is 0 Å². The second-order valence-electron chi connectivity index (χ2n) is 7.54. The maximum absolute atomic E-state index is 13.2. The number of aromatic nitrogens is 1. The highest BCUT2D eigenvalue weighted by atomic mass is 16.2. The van der Waals surface area contributed by atoms with Crippen molar-refractivity contribution in [1.29, 1.82) is 0 Å². The summed E-state index contributed by atoms with van der Waals surface area (Å²) < 4.78 is 0. The Hall–Kier alpha value is -3.08. The second-order valence-corrected chi connectivity index (χ2v) is 7.54. The topological polar surface area (TPSA) is 56.4 Å². The lowest BCUT2D eigenvalue weighted by Gasteiger charge is -2.29. The van der Waals surface area contributed by atoms with E-state index in [1.807, 2.05) is 42.3 Å². The molecule has 0 bridgehead atoms. The molecule has 2 heterocycles. The van der Waals surface area contributed by atoms with Gasteiger partial charge in [0, 0.05) is 37.9 Å². The first-order chi connectivity index (χ1) is 13.6. The highest BCUT2D eigenvalue weighted by Crippen LogP contribution is 2.25. The Morgan fingerprint density at radius 1 is 1.11 bits per heavy atom. The van der Waals surface area contributed by atoms with E-state index in [-0.39, 0.29) is 17.9 Å². The molecule has 4 rings (SSSR count). The highest BCUT2D eigenvalue weighted by molar-refractivity contribution is 6.07. The minimum atomic E-state index is -0.00428. The standard InChI is InChI=1S/C23H25N3O2/c1-16-7-3-10-19-18(16)9-4-11-20(19)22(27)25(2)15-17-8-6-14-26(17)23(28)21-12-5-13-24-21/h3-5,7,9-13,17,24H,6,8,14-15H2,1-2H3/t17-/m1/s1. The second kappa shape index (κ2) is 7.50. The Morgan fingerprint density at radius 3 is 2.68 bits per heavy atom. The van der Waals surface area contributed by atoms with Crippen molar-refractivity contribution in [3.05, 3.63) is 71.5 Å². The van der Waals surface area contributed by atoms with Gasteiger partial charge in [-0.1, -0.05) is 30.3 Å². The molecule has 1 atom stereocenters. The van der Waals surface area contributed by atoms with Gasteiger partial charge in [0.05, 0.1) is 0 Å². The maximum atomic E-state index is 13.2. The van der Waals surface area contributed by atoms with Gasteiger partial charge < -0.3 is 14.8 Å². The third-order valence-corrected chi connectivity index (χ3v) is 5.67. The van der Waals surface area contributed by atoms with Crippen LogP contribution in [0.2, 0.25) is 0 Å². The number of carbonyl (C=O) groups excluding carboxylic acids is 2. The molecular formula is C23H25N3O2. The predicted octanol–water partition coefficient (Wildman–Crippen LogP) is 3.85. The summed E-state index contributed by atoms with van der Waals surface area (Å²) in [5.41, 5.74) is 2.47. The predicted molar refractivity (Wildman–Crippen MR) is 110 cm³/mol. The molecule has 5 nitrogen and oxygen atoms in total. The fourth-order valence-electron chi connectivity index (χ4n) is 4.17. The molecule has 1 aliphatic heterocycles. The van der Waals surface area contributed by atoms with Crippen LogP contribution < -0.4 is 0 Å². The average molecular weight is 375 g/mol. The van der Waals surface area contributed by atoms with E-state index in [1.165, 1.54) is 0 Å². The largest absolute Gasteiger partial charge is 0.357 e. The van der Waals surface area contributed by atoms with Gasteiger partial charge in [-0.2, -0.15) is 0 Å². The molecule has 1 saturated heterocycles.